The Balaban J connectivity index is 1.59. The van der Waals surface area contributed by atoms with E-state index in [9.17, 15) is 9.59 Å². The number of carbonyl (C=O) groups excluding carboxylic acids is 1. The number of rotatable bonds is 5. The first-order valence-electron chi connectivity index (χ1n) is 9.87. The Morgan fingerprint density at radius 2 is 1.93 bits per heavy atom. The topological polar surface area (TPSA) is 67.2 Å². The van der Waals surface area contributed by atoms with Crippen LogP contribution in [-0.4, -0.2) is 28.3 Å². The van der Waals surface area contributed by atoms with E-state index in [-0.39, 0.29) is 18.0 Å². The Kier molecular flexibility index (Phi) is 5.90. The lowest BCUT2D eigenvalue weighted by Crippen LogP contribution is -2.38. The van der Waals surface area contributed by atoms with Crippen molar-refractivity contribution in [2.24, 2.45) is 0 Å². The van der Waals surface area contributed by atoms with Gasteiger partial charge in [0.05, 0.1) is 0 Å². The molecule has 2 aromatic carbocycles. The van der Waals surface area contributed by atoms with Gasteiger partial charge in [-0.25, -0.2) is 4.98 Å². The molecule has 1 N–H and O–H groups in total. The standard InChI is InChI=1S/C23H24N4O2S/c1-16-12-22(29)27(15-21(28)25-19-8-5-9-20(13-19)30-2)23(24-16)26-11-10-17-6-3-4-7-18(17)14-26/h3-9,12-13H,10-11,14-15H2,1-2H3,(H,25,28). The van der Waals surface area contributed by atoms with Crippen LogP contribution < -0.4 is 15.8 Å². The van der Waals surface area contributed by atoms with Crippen LogP contribution in [-0.2, 0) is 24.3 Å². The van der Waals surface area contributed by atoms with Gasteiger partial charge >= 0.3 is 0 Å². The Hall–Kier alpha value is -3.06. The molecule has 0 spiro atoms. The summed E-state index contributed by atoms with van der Waals surface area (Å²) in [6.07, 6.45) is 2.87. The van der Waals surface area contributed by atoms with E-state index in [1.807, 2.05) is 42.7 Å². The van der Waals surface area contributed by atoms with Gasteiger partial charge in [-0.05, 0) is 48.9 Å². The molecule has 0 fully saturated rings. The number of fused-ring (bicyclic) bond motifs is 1. The predicted molar refractivity (Wildman–Crippen MR) is 121 cm³/mol. The number of benzene rings is 2. The van der Waals surface area contributed by atoms with Gasteiger partial charge in [-0.2, -0.15) is 0 Å². The number of hydrogen-bond acceptors (Lipinski definition) is 5. The maximum absolute atomic E-state index is 12.8. The molecular weight excluding hydrogens is 396 g/mol. The number of amides is 1. The number of nitrogens with one attached hydrogen (secondary N) is 1. The summed E-state index contributed by atoms with van der Waals surface area (Å²) in [7, 11) is 0. The second-order valence-corrected chi connectivity index (χ2v) is 8.22. The lowest BCUT2D eigenvalue weighted by molar-refractivity contribution is -0.116. The molecule has 1 amide bonds. The second kappa shape index (κ2) is 8.75. The molecule has 0 aliphatic carbocycles. The highest BCUT2D eigenvalue weighted by Crippen LogP contribution is 2.23. The minimum absolute atomic E-state index is 0.0803. The SMILES string of the molecule is CSc1cccc(NC(=O)Cn2c(N3CCc4ccccc4C3)nc(C)cc2=O)c1. The number of carbonyl (C=O) groups is 1. The Morgan fingerprint density at radius 3 is 2.73 bits per heavy atom. The average molecular weight is 421 g/mol. The van der Waals surface area contributed by atoms with Crippen molar-refractivity contribution in [2.45, 2.75) is 31.3 Å². The Bertz CT molecular complexity index is 1140. The van der Waals surface area contributed by atoms with Crippen LogP contribution in [0.5, 0.6) is 0 Å². The summed E-state index contributed by atoms with van der Waals surface area (Å²) in [5, 5.41) is 2.89. The van der Waals surface area contributed by atoms with Crippen LogP contribution in [0.4, 0.5) is 11.6 Å². The zero-order valence-electron chi connectivity index (χ0n) is 17.1. The maximum atomic E-state index is 12.8. The zero-order valence-corrected chi connectivity index (χ0v) is 17.9. The smallest absolute Gasteiger partial charge is 0.255 e. The molecular formula is C23H24N4O2S. The van der Waals surface area contributed by atoms with Crippen molar-refractivity contribution in [3.8, 4) is 0 Å². The van der Waals surface area contributed by atoms with Gasteiger partial charge in [-0.15, -0.1) is 11.8 Å². The Morgan fingerprint density at radius 1 is 1.13 bits per heavy atom. The first-order valence-corrected chi connectivity index (χ1v) is 11.1. The van der Waals surface area contributed by atoms with E-state index < -0.39 is 0 Å². The van der Waals surface area contributed by atoms with Crippen LogP contribution in [0.3, 0.4) is 0 Å². The Labute approximate surface area is 179 Å². The van der Waals surface area contributed by atoms with Gasteiger partial charge in [0, 0.05) is 35.4 Å². The number of aryl methyl sites for hydroxylation is 1. The molecule has 1 aliphatic heterocycles. The van der Waals surface area contributed by atoms with Crippen molar-refractivity contribution >= 4 is 29.3 Å². The summed E-state index contributed by atoms with van der Waals surface area (Å²) in [5.41, 5.74) is 3.70. The summed E-state index contributed by atoms with van der Waals surface area (Å²) in [4.78, 5) is 33.2. The summed E-state index contributed by atoms with van der Waals surface area (Å²) in [6, 6.07) is 17.4. The zero-order chi connectivity index (χ0) is 21.1. The molecule has 1 aliphatic rings. The molecule has 0 saturated carbocycles. The van der Waals surface area contributed by atoms with E-state index in [0.29, 0.717) is 23.9 Å². The highest BCUT2D eigenvalue weighted by atomic mass is 32.2. The predicted octanol–water partition coefficient (Wildman–Crippen LogP) is 3.48. The van der Waals surface area contributed by atoms with Crippen molar-refractivity contribution < 1.29 is 4.79 Å². The fraction of sp³-hybridized carbons (Fsp3) is 0.261. The van der Waals surface area contributed by atoms with Crippen LogP contribution in [0.25, 0.3) is 0 Å². The van der Waals surface area contributed by atoms with Crippen molar-refractivity contribution in [3.05, 3.63) is 81.8 Å². The molecule has 30 heavy (non-hydrogen) atoms. The molecule has 0 unspecified atom stereocenters. The summed E-state index contributed by atoms with van der Waals surface area (Å²) in [6.45, 7) is 3.15. The van der Waals surface area contributed by atoms with E-state index in [0.717, 1.165) is 17.9 Å². The third kappa shape index (κ3) is 4.41. The van der Waals surface area contributed by atoms with Crippen molar-refractivity contribution in [1.29, 1.82) is 0 Å². The molecule has 3 aromatic rings. The van der Waals surface area contributed by atoms with E-state index in [1.54, 1.807) is 18.7 Å². The lowest BCUT2D eigenvalue weighted by Gasteiger charge is -2.31. The third-order valence-electron chi connectivity index (χ3n) is 5.18. The van der Waals surface area contributed by atoms with E-state index in [2.05, 4.69) is 27.3 Å². The molecule has 0 bridgehead atoms. The largest absolute Gasteiger partial charge is 0.337 e. The van der Waals surface area contributed by atoms with Gasteiger partial charge < -0.3 is 10.2 Å². The van der Waals surface area contributed by atoms with E-state index in [1.165, 1.54) is 21.8 Å². The van der Waals surface area contributed by atoms with Gasteiger partial charge in [0.1, 0.15) is 6.54 Å². The summed E-state index contributed by atoms with van der Waals surface area (Å²) < 4.78 is 1.47. The quantitative estimate of drug-likeness (QED) is 0.640. The number of aromatic nitrogens is 2. The molecule has 0 saturated heterocycles. The second-order valence-electron chi connectivity index (χ2n) is 7.34. The van der Waals surface area contributed by atoms with Crippen LogP contribution in [0.1, 0.15) is 16.8 Å². The van der Waals surface area contributed by atoms with Crippen molar-refractivity contribution in [2.75, 3.05) is 23.0 Å². The lowest BCUT2D eigenvalue weighted by atomic mass is 10.0. The van der Waals surface area contributed by atoms with Crippen LogP contribution in [0.2, 0.25) is 0 Å². The number of thioether (sulfide) groups is 1. The van der Waals surface area contributed by atoms with Crippen LogP contribution in [0.15, 0.2) is 64.3 Å². The summed E-state index contributed by atoms with van der Waals surface area (Å²) >= 11 is 1.61. The molecule has 6 nitrogen and oxygen atoms in total. The molecule has 1 aromatic heterocycles. The summed E-state index contributed by atoms with van der Waals surface area (Å²) in [5.74, 6) is 0.294. The molecule has 4 rings (SSSR count). The first-order chi connectivity index (χ1) is 14.5. The molecule has 7 heteroatoms. The highest BCUT2D eigenvalue weighted by Gasteiger charge is 2.22. The molecule has 0 atom stereocenters. The van der Waals surface area contributed by atoms with Gasteiger partial charge in [-0.3, -0.25) is 14.2 Å². The maximum Gasteiger partial charge on any atom is 0.255 e. The van der Waals surface area contributed by atoms with Gasteiger partial charge in [0.25, 0.3) is 5.56 Å². The normalized spacial score (nSPS) is 13.1. The minimum Gasteiger partial charge on any atom is -0.337 e. The minimum atomic E-state index is -0.250. The van der Waals surface area contributed by atoms with Crippen molar-refractivity contribution in [3.63, 3.8) is 0 Å². The molecule has 154 valence electrons. The average Bonchev–Trinajstić information content (AvgIpc) is 2.75. The fourth-order valence-electron chi connectivity index (χ4n) is 3.71. The van der Waals surface area contributed by atoms with E-state index >= 15 is 0 Å². The van der Waals surface area contributed by atoms with E-state index in [4.69, 9.17) is 0 Å². The van der Waals surface area contributed by atoms with Gasteiger partial charge in [-0.1, -0.05) is 30.3 Å². The fourth-order valence-corrected chi connectivity index (χ4v) is 4.17. The monoisotopic (exact) mass is 420 g/mol. The number of nitrogens with zero attached hydrogens (tertiary/aromatic N) is 3. The number of hydrogen-bond donors (Lipinski definition) is 1. The van der Waals surface area contributed by atoms with Crippen LogP contribution >= 0.6 is 11.8 Å². The van der Waals surface area contributed by atoms with Gasteiger partial charge in [0.2, 0.25) is 11.9 Å². The first kappa shape index (κ1) is 20.2. The molecule has 2 heterocycles. The van der Waals surface area contributed by atoms with Crippen LogP contribution in [0, 0.1) is 6.92 Å². The molecule has 0 radical (unpaired) electrons. The van der Waals surface area contributed by atoms with Gasteiger partial charge in [0.15, 0.2) is 0 Å². The van der Waals surface area contributed by atoms with Crippen molar-refractivity contribution in [1.82, 2.24) is 9.55 Å². The number of anilines is 2. The third-order valence-corrected chi connectivity index (χ3v) is 5.91. The highest BCUT2D eigenvalue weighted by molar-refractivity contribution is 7.98.